The van der Waals surface area contributed by atoms with E-state index in [2.05, 4.69) is 0 Å². The molecule has 15 heavy (non-hydrogen) atoms. The molecule has 0 unspecified atom stereocenters. The fourth-order valence-corrected chi connectivity index (χ4v) is 1.59. The van der Waals surface area contributed by atoms with Crippen LogP contribution in [-0.4, -0.2) is 19.5 Å². The first-order valence-electron chi connectivity index (χ1n) is 4.83. The van der Waals surface area contributed by atoms with E-state index < -0.39 is 0 Å². The van der Waals surface area contributed by atoms with Crippen molar-refractivity contribution in [3.63, 3.8) is 0 Å². The molecule has 0 N–H and O–H groups in total. The van der Waals surface area contributed by atoms with E-state index in [1.807, 2.05) is 0 Å². The molecule has 0 radical (unpaired) electrons. The van der Waals surface area contributed by atoms with Crippen LogP contribution in [0.5, 0.6) is 11.5 Å². The largest absolute Gasteiger partial charge is 0.486 e. The van der Waals surface area contributed by atoms with E-state index in [0.29, 0.717) is 36.7 Å². The topological polar surface area (TPSA) is 35.5 Å². The number of hydrogen-bond acceptors (Lipinski definition) is 3. The number of hydrogen-bond donors (Lipinski definition) is 0. The van der Waals surface area contributed by atoms with Crippen LogP contribution in [0.1, 0.15) is 12.0 Å². The Labute approximate surface area is 86.8 Å². The van der Waals surface area contributed by atoms with Gasteiger partial charge in [-0.05, 0) is 18.6 Å². The van der Waals surface area contributed by atoms with Crippen LogP contribution in [0.15, 0.2) is 12.1 Å². The molecule has 0 saturated heterocycles. The molecule has 1 aromatic carbocycles. The maximum absolute atomic E-state index is 13.4. The Kier molecular flexibility index (Phi) is 2.85. The Morgan fingerprint density at radius 2 is 2.13 bits per heavy atom. The highest BCUT2D eigenvalue weighted by Crippen LogP contribution is 2.35. The highest BCUT2D eigenvalue weighted by molar-refractivity contribution is 5.53. The zero-order valence-electron chi connectivity index (χ0n) is 8.16. The molecule has 3 nitrogen and oxygen atoms in total. The van der Waals surface area contributed by atoms with E-state index in [1.165, 1.54) is 6.07 Å². The molecule has 1 aromatic rings. The molecular weight excluding hydrogens is 199 g/mol. The first kappa shape index (κ1) is 9.96. The van der Waals surface area contributed by atoms with Crippen molar-refractivity contribution in [3.05, 3.63) is 23.5 Å². The van der Waals surface area contributed by atoms with Crippen LogP contribution >= 0.6 is 0 Å². The van der Waals surface area contributed by atoms with E-state index in [4.69, 9.17) is 9.47 Å². The van der Waals surface area contributed by atoms with Crippen molar-refractivity contribution in [2.45, 2.75) is 12.8 Å². The number of halogens is 1. The van der Waals surface area contributed by atoms with Gasteiger partial charge in [-0.3, -0.25) is 0 Å². The highest BCUT2D eigenvalue weighted by Gasteiger charge is 2.18. The van der Waals surface area contributed by atoms with Gasteiger partial charge in [0.25, 0.3) is 0 Å². The summed E-state index contributed by atoms with van der Waals surface area (Å²) in [4.78, 5) is 10.3. The van der Waals surface area contributed by atoms with Crippen LogP contribution in [-0.2, 0) is 11.2 Å². The lowest BCUT2D eigenvalue weighted by atomic mass is 10.1. The van der Waals surface area contributed by atoms with Crippen molar-refractivity contribution in [3.8, 4) is 11.5 Å². The molecule has 0 amide bonds. The van der Waals surface area contributed by atoms with E-state index in [1.54, 1.807) is 6.07 Å². The Bertz CT molecular complexity index is 376. The van der Waals surface area contributed by atoms with Crippen molar-refractivity contribution in [1.82, 2.24) is 0 Å². The lowest BCUT2D eigenvalue weighted by Crippen LogP contribution is -2.17. The van der Waals surface area contributed by atoms with Gasteiger partial charge in [0, 0.05) is 12.0 Å². The van der Waals surface area contributed by atoms with Crippen molar-refractivity contribution >= 4 is 6.29 Å². The van der Waals surface area contributed by atoms with Gasteiger partial charge >= 0.3 is 0 Å². The molecule has 0 bridgehead atoms. The van der Waals surface area contributed by atoms with Crippen LogP contribution in [0.2, 0.25) is 0 Å². The molecule has 0 spiro atoms. The summed E-state index contributed by atoms with van der Waals surface area (Å²) in [5.74, 6) is 0.660. The minimum Gasteiger partial charge on any atom is -0.486 e. The second-order valence-electron chi connectivity index (χ2n) is 3.26. The zero-order valence-corrected chi connectivity index (χ0v) is 8.16. The van der Waals surface area contributed by atoms with Crippen LogP contribution in [0.4, 0.5) is 4.39 Å². The van der Waals surface area contributed by atoms with Gasteiger partial charge in [0.2, 0.25) is 0 Å². The molecule has 1 aliphatic heterocycles. The number of carbonyl (C=O) groups is 1. The molecule has 0 saturated carbocycles. The van der Waals surface area contributed by atoms with Gasteiger partial charge < -0.3 is 14.3 Å². The third-order valence-electron chi connectivity index (χ3n) is 2.27. The summed E-state index contributed by atoms with van der Waals surface area (Å²) >= 11 is 0. The second kappa shape index (κ2) is 4.29. The standard InChI is InChI=1S/C11H11FO3/c12-9-3-4-10-11(15-7-6-14-10)8(9)2-1-5-13/h3-5H,1-2,6-7H2. The van der Waals surface area contributed by atoms with E-state index in [-0.39, 0.29) is 12.2 Å². The van der Waals surface area contributed by atoms with Gasteiger partial charge in [-0.25, -0.2) is 4.39 Å². The predicted molar refractivity (Wildman–Crippen MR) is 51.8 cm³/mol. The van der Waals surface area contributed by atoms with E-state index >= 15 is 0 Å². The number of aldehydes is 1. The van der Waals surface area contributed by atoms with Crippen LogP contribution in [0.25, 0.3) is 0 Å². The first-order valence-corrected chi connectivity index (χ1v) is 4.83. The van der Waals surface area contributed by atoms with Gasteiger partial charge in [0.1, 0.15) is 25.3 Å². The number of fused-ring (bicyclic) bond motifs is 1. The van der Waals surface area contributed by atoms with Crippen molar-refractivity contribution < 1.29 is 18.7 Å². The zero-order chi connectivity index (χ0) is 10.7. The number of ether oxygens (including phenoxy) is 2. The molecule has 80 valence electrons. The minimum absolute atomic E-state index is 0.288. The molecule has 0 fully saturated rings. The summed E-state index contributed by atoms with van der Waals surface area (Å²) in [5, 5.41) is 0. The predicted octanol–water partition coefficient (Wildman–Crippen LogP) is 1.73. The van der Waals surface area contributed by atoms with Gasteiger partial charge in [-0.15, -0.1) is 0 Å². The Hall–Kier alpha value is -1.58. The summed E-state index contributed by atoms with van der Waals surface area (Å²) < 4.78 is 24.1. The molecule has 0 aromatic heterocycles. The van der Waals surface area contributed by atoms with Gasteiger partial charge in [0.15, 0.2) is 11.5 Å². The summed E-state index contributed by atoms with van der Waals surface area (Å²) in [5.41, 5.74) is 0.430. The summed E-state index contributed by atoms with van der Waals surface area (Å²) in [6.45, 7) is 0.899. The monoisotopic (exact) mass is 210 g/mol. The van der Waals surface area contributed by atoms with Gasteiger partial charge in [-0.1, -0.05) is 0 Å². The lowest BCUT2D eigenvalue weighted by Gasteiger charge is -2.21. The lowest BCUT2D eigenvalue weighted by molar-refractivity contribution is -0.107. The second-order valence-corrected chi connectivity index (χ2v) is 3.26. The molecule has 0 atom stereocenters. The molecular formula is C11H11FO3. The maximum Gasteiger partial charge on any atom is 0.167 e. The van der Waals surface area contributed by atoms with Crippen LogP contribution < -0.4 is 9.47 Å². The van der Waals surface area contributed by atoms with E-state index in [9.17, 15) is 9.18 Å². The van der Waals surface area contributed by atoms with E-state index in [0.717, 1.165) is 6.29 Å². The maximum atomic E-state index is 13.4. The summed E-state index contributed by atoms with van der Waals surface area (Å²) in [6, 6.07) is 2.89. The normalized spacial score (nSPS) is 13.7. The average molecular weight is 210 g/mol. The molecule has 4 heteroatoms. The third-order valence-corrected chi connectivity index (χ3v) is 2.27. The Balaban J connectivity index is 2.36. The minimum atomic E-state index is -0.346. The van der Waals surface area contributed by atoms with Gasteiger partial charge in [-0.2, -0.15) is 0 Å². The first-order chi connectivity index (χ1) is 7.33. The fraction of sp³-hybridized carbons (Fsp3) is 0.364. The highest BCUT2D eigenvalue weighted by atomic mass is 19.1. The Morgan fingerprint density at radius 3 is 2.93 bits per heavy atom. The van der Waals surface area contributed by atoms with Crippen LogP contribution in [0, 0.1) is 5.82 Å². The number of carbonyl (C=O) groups excluding carboxylic acids is 1. The summed E-state index contributed by atoms with van der Waals surface area (Å²) in [6.07, 6.45) is 1.40. The quantitative estimate of drug-likeness (QED) is 0.713. The summed E-state index contributed by atoms with van der Waals surface area (Å²) in [7, 11) is 0. The fourth-order valence-electron chi connectivity index (χ4n) is 1.59. The number of rotatable bonds is 3. The van der Waals surface area contributed by atoms with Crippen LogP contribution in [0.3, 0.4) is 0 Å². The molecule has 1 heterocycles. The average Bonchev–Trinajstić information content (AvgIpc) is 2.28. The Morgan fingerprint density at radius 1 is 1.33 bits per heavy atom. The third kappa shape index (κ3) is 1.93. The SMILES string of the molecule is O=CCCc1c(F)ccc2c1OCCO2. The van der Waals surface area contributed by atoms with Gasteiger partial charge in [0.05, 0.1) is 0 Å². The molecule has 2 rings (SSSR count). The van der Waals surface area contributed by atoms with Crippen molar-refractivity contribution in [2.75, 3.05) is 13.2 Å². The molecule has 1 aliphatic rings. The number of benzene rings is 1. The van der Waals surface area contributed by atoms with Crippen molar-refractivity contribution in [1.29, 1.82) is 0 Å². The smallest absolute Gasteiger partial charge is 0.167 e. The van der Waals surface area contributed by atoms with Crippen molar-refractivity contribution in [2.24, 2.45) is 0 Å². The molecule has 0 aliphatic carbocycles.